The Morgan fingerprint density at radius 3 is 2.62 bits per heavy atom. The van der Waals surface area contributed by atoms with Gasteiger partial charge in [-0.05, 0) is 38.1 Å². The zero-order valence-electron chi connectivity index (χ0n) is 12.3. The van der Waals surface area contributed by atoms with Gasteiger partial charge >= 0.3 is 0 Å². The Balaban J connectivity index is 1.92. The first kappa shape index (κ1) is 15.9. The molecule has 1 saturated heterocycles. The number of nitrogens with one attached hydrogen (secondary N) is 2. The highest BCUT2D eigenvalue weighted by atomic mass is 35.5. The van der Waals surface area contributed by atoms with Crippen LogP contribution in [0.1, 0.15) is 24.2 Å². The summed E-state index contributed by atoms with van der Waals surface area (Å²) in [6, 6.07) is 6.44. The van der Waals surface area contributed by atoms with Crippen molar-refractivity contribution in [2.45, 2.75) is 19.4 Å². The first-order chi connectivity index (χ1) is 9.88. The van der Waals surface area contributed by atoms with E-state index >= 15 is 0 Å². The predicted octanol–water partition coefficient (Wildman–Crippen LogP) is 1.28. The van der Waals surface area contributed by atoms with Gasteiger partial charge in [0, 0.05) is 35.8 Å². The van der Waals surface area contributed by atoms with Gasteiger partial charge in [-0.25, -0.2) is 0 Å². The highest BCUT2D eigenvalue weighted by molar-refractivity contribution is 6.30. The molecule has 1 heterocycles. The van der Waals surface area contributed by atoms with Crippen LogP contribution in [0.3, 0.4) is 0 Å². The summed E-state index contributed by atoms with van der Waals surface area (Å²) < 4.78 is 0. The molecule has 6 heteroatoms. The Bertz CT molecular complexity index is 528. The topological polar surface area (TPSA) is 61.4 Å². The third kappa shape index (κ3) is 4.27. The monoisotopic (exact) mass is 309 g/mol. The number of hydrogen-bond acceptors (Lipinski definition) is 4. The molecular weight excluding hydrogens is 290 g/mol. The smallest absolute Gasteiger partial charge is 0.257 e. The van der Waals surface area contributed by atoms with E-state index in [0.29, 0.717) is 10.6 Å². The van der Waals surface area contributed by atoms with E-state index in [1.54, 1.807) is 24.3 Å². The van der Waals surface area contributed by atoms with E-state index in [1.807, 2.05) is 0 Å². The standard InChI is InChI=1S/C15H20ClN3O2/c1-15(2)10-17-7-8-19(15)9-13(20)18-14(21)11-3-5-12(16)6-4-11/h3-6,17H,7-10H2,1-2H3,(H,18,20,21). The number of hydrogen-bond donors (Lipinski definition) is 2. The van der Waals surface area contributed by atoms with Gasteiger partial charge in [0.25, 0.3) is 5.91 Å². The van der Waals surface area contributed by atoms with Crippen LogP contribution in [0.25, 0.3) is 0 Å². The van der Waals surface area contributed by atoms with Gasteiger partial charge in [0.05, 0.1) is 6.54 Å². The molecule has 1 fully saturated rings. The lowest BCUT2D eigenvalue weighted by Crippen LogP contribution is -2.60. The highest BCUT2D eigenvalue weighted by Gasteiger charge is 2.31. The number of nitrogens with zero attached hydrogens (tertiary/aromatic N) is 1. The molecule has 114 valence electrons. The summed E-state index contributed by atoms with van der Waals surface area (Å²) in [5, 5.41) is 6.27. The van der Waals surface area contributed by atoms with E-state index in [-0.39, 0.29) is 18.0 Å². The molecular formula is C15H20ClN3O2. The van der Waals surface area contributed by atoms with Crippen molar-refractivity contribution in [3.8, 4) is 0 Å². The van der Waals surface area contributed by atoms with E-state index < -0.39 is 5.91 Å². The number of halogens is 1. The fourth-order valence-corrected chi connectivity index (χ4v) is 2.45. The molecule has 0 radical (unpaired) electrons. The molecule has 1 aromatic carbocycles. The fraction of sp³-hybridized carbons (Fsp3) is 0.467. The van der Waals surface area contributed by atoms with E-state index in [4.69, 9.17) is 11.6 Å². The van der Waals surface area contributed by atoms with Crippen molar-refractivity contribution in [2.75, 3.05) is 26.2 Å². The van der Waals surface area contributed by atoms with Crippen molar-refractivity contribution < 1.29 is 9.59 Å². The summed E-state index contributed by atoms with van der Waals surface area (Å²) in [5.74, 6) is -0.686. The zero-order valence-corrected chi connectivity index (χ0v) is 13.0. The van der Waals surface area contributed by atoms with Crippen LogP contribution in [0.2, 0.25) is 5.02 Å². The summed E-state index contributed by atoms with van der Waals surface area (Å²) in [6.07, 6.45) is 0. The number of carbonyl (C=O) groups is 2. The SMILES string of the molecule is CC1(C)CNCCN1CC(=O)NC(=O)c1ccc(Cl)cc1. The van der Waals surface area contributed by atoms with Crippen LogP contribution < -0.4 is 10.6 Å². The molecule has 2 N–H and O–H groups in total. The van der Waals surface area contributed by atoms with Crippen LogP contribution in [0.4, 0.5) is 0 Å². The molecule has 1 aromatic rings. The van der Waals surface area contributed by atoms with Crippen molar-refractivity contribution in [3.05, 3.63) is 34.9 Å². The van der Waals surface area contributed by atoms with Gasteiger partial charge in [-0.15, -0.1) is 0 Å². The van der Waals surface area contributed by atoms with Gasteiger partial charge in [-0.3, -0.25) is 19.8 Å². The molecule has 0 atom stereocenters. The molecule has 0 unspecified atom stereocenters. The summed E-state index contributed by atoms with van der Waals surface area (Å²) in [6.45, 7) is 6.83. The minimum Gasteiger partial charge on any atom is -0.314 e. The second-order valence-corrected chi connectivity index (χ2v) is 6.23. The molecule has 1 aliphatic heterocycles. The van der Waals surface area contributed by atoms with Crippen LogP contribution in [0.15, 0.2) is 24.3 Å². The number of rotatable bonds is 3. The van der Waals surface area contributed by atoms with E-state index in [2.05, 4.69) is 29.4 Å². The Hall–Kier alpha value is -1.43. The van der Waals surface area contributed by atoms with Gasteiger partial charge in [-0.2, -0.15) is 0 Å². The van der Waals surface area contributed by atoms with E-state index in [0.717, 1.165) is 19.6 Å². The van der Waals surface area contributed by atoms with Crippen LogP contribution in [0.5, 0.6) is 0 Å². The van der Waals surface area contributed by atoms with Crippen molar-refractivity contribution in [2.24, 2.45) is 0 Å². The lowest BCUT2D eigenvalue weighted by molar-refractivity contribution is -0.123. The normalized spacial score (nSPS) is 18.2. The number of benzene rings is 1. The molecule has 2 rings (SSSR count). The van der Waals surface area contributed by atoms with Crippen molar-refractivity contribution in [1.29, 1.82) is 0 Å². The first-order valence-corrected chi connectivity index (χ1v) is 7.32. The van der Waals surface area contributed by atoms with E-state index in [1.165, 1.54) is 0 Å². The molecule has 21 heavy (non-hydrogen) atoms. The summed E-state index contributed by atoms with van der Waals surface area (Å²) in [4.78, 5) is 26.1. The third-order valence-corrected chi connectivity index (χ3v) is 3.92. The van der Waals surface area contributed by atoms with Gasteiger partial charge < -0.3 is 5.32 Å². The van der Waals surface area contributed by atoms with Gasteiger partial charge in [0.1, 0.15) is 0 Å². The molecule has 0 aliphatic carbocycles. The minimum atomic E-state index is -0.399. The molecule has 5 nitrogen and oxygen atoms in total. The first-order valence-electron chi connectivity index (χ1n) is 6.94. The number of amides is 2. The number of piperazine rings is 1. The average Bonchev–Trinajstić information content (AvgIpc) is 2.41. The summed E-state index contributed by atoms with van der Waals surface area (Å²) >= 11 is 5.77. The predicted molar refractivity (Wildman–Crippen MR) is 82.4 cm³/mol. The largest absolute Gasteiger partial charge is 0.314 e. The van der Waals surface area contributed by atoms with Gasteiger partial charge in [0.15, 0.2) is 0 Å². The molecule has 0 spiro atoms. The average molecular weight is 310 g/mol. The molecule has 0 saturated carbocycles. The maximum atomic E-state index is 12.0. The summed E-state index contributed by atoms with van der Waals surface area (Å²) in [7, 11) is 0. The molecule has 0 aromatic heterocycles. The Morgan fingerprint density at radius 1 is 1.33 bits per heavy atom. The summed E-state index contributed by atoms with van der Waals surface area (Å²) in [5.41, 5.74) is 0.325. The molecule has 2 amide bonds. The quantitative estimate of drug-likeness (QED) is 0.883. The zero-order chi connectivity index (χ0) is 15.5. The highest BCUT2D eigenvalue weighted by Crippen LogP contribution is 2.15. The van der Waals surface area contributed by atoms with E-state index in [9.17, 15) is 9.59 Å². The maximum Gasteiger partial charge on any atom is 0.257 e. The minimum absolute atomic E-state index is 0.0983. The Kier molecular flexibility index (Phi) is 4.98. The van der Waals surface area contributed by atoms with Crippen LogP contribution >= 0.6 is 11.6 Å². The van der Waals surface area contributed by atoms with Gasteiger partial charge in [-0.1, -0.05) is 11.6 Å². The van der Waals surface area contributed by atoms with Crippen LogP contribution in [0, 0.1) is 0 Å². The van der Waals surface area contributed by atoms with Crippen LogP contribution in [-0.2, 0) is 4.79 Å². The lowest BCUT2D eigenvalue weighted by Gasteiger charge is -2.42. The van der Waals surface area contributed by atoms with Crippen LogP contribution in [-0.4, -0.2) is 48.4 Å². The second kappa shape index (κ2) is 6.56. The maximum absolute atomic E-state index is 12.0. The Labute approximate surface area is 129 Å². The molecule has 0 bridgehead atoms. The number of carbonyl (C=O) groups excluding carboxylic acids is 2. The number of imide groups is 1. The van der Waals surface area contributed by atoms with Crippen molar-refractivity contribution in [1.82, 2.24) is 15.5 Å². The van der Waals surface area contributed by atoms with Crippen molar-refractivity contribution in [3.63, 3.8) is 0 Å². The second-order valence-electron chi connectivity index (χ2n) is 5.79. The van der Waals surface area contributed by atoms with Crippen molar-refractivity contribution >= 4 is 23.4 Å². The van der Waals surface area contributed by atoms with Gasteiger partial charge in [0.2, 0.25) is 5.91 Å². The third-order valence-electron chi connectivity index (χ3n) is 3.67. The Morgan fingerprint density at radius 2 is 2.00 bits per heavy atom. The molecule has 1 aliphatic rings. The lowest BCUT2D eigenvalue weighted by atomic mass is 10.0. The fourth-order valence-electron chi connectivity index (χ4n) is 2.33.